The van der Waals surface area contributed by atoms with E-state index in [2.05, 4.69) is 10.0 Å². The Bertz CT molecular complexity index is 780. The quantitative estimate of drug-likeness (QED) is 0.620. The topological polar surface area (TPSA) is 84.5 Å². The summed E-state index contributed by atoms with van der Waals surface area (Å²) in [6, 6.07) is 18.5. The van der Waals surface area contributed by atoms with Crippen molar-refractivity contribution in [3.05, 3.63) is 71.8 Å². The summed E-state index contributed by atoms with van der Waals surface area (Å²) in [4.78, 5) is 12.0. The van der Waals surface area contributed by atoms with Gasteiger partial charge in [0.1, 0.15) is 6.10 Å². The molecule has 0 spiro atoms. The number of sulfonamides is 1. The third-order valence-corrected chi connectivity index (χ3v) is 5.02. The van der Waals surface area contributed by atoms with Gasteiger partial charge in [-0.3, -0.25) is 4.79 Å². The molecule has 0 radical (unpaired) electrons. The molecule has 6 nitrogen and oxygen atoms in total. The third kappa shape index (κ3) is 7.35. The summed E-state index contributed by atoms with van der Waals surface area (Å²) in [5.74, 6) is -0.360. The Morgan fingerprint density at radius 3 is 2.15 bits per heavy atom. The minimum Gasteiger partial charge on any atom is -0.364 e. The van der Waals surface area contributed by atoms with E-state index in [9.17, 15) is 13.2 Å². The maximum Gasteiger partial charge on any atom is 0.248 e. The van der Waals surface area contributed by atoms with Crippen molar-refractivity contribution in [1.82, 2.24) is 10.0 Å². The van der Waals surface area contributed by atoms with Gasteiger partial charge in [-0.15, -0.1) is 0 Å². The minimum atomic E-state index is -3.43. The van der Waals surface area contributed by atoms with E-state index in [1.165, 1.54) is 0 Å². The SMILES string of the molecule is C[C@@H](OCc1ccccc1)C(=O)NCCNS(=O)(=O)Cc1ccccc1. The molecule has 0 heterocycles. The molecule has 1 amide bonds. The van der Waals surface area contributed by atoms with Gasteiger partial charge in [0.05, 0.1) is 12.4 Å². The number of carbonyl (C=O) groups excluding carboxylic acids is 1. The molecule has 0 bridgehead atoms. The molecule has 2 aromatic rings. The number of ether oxygens (including phenoxy) is 1. The molecule has 0 fully saturated rings. The van der Waals surface area contributed by atoms with E-state index >= 15 is 0 Å². The number of nitrogens with one attached hydrogen (secondary N) is 2. The molecule has 0 unspecified atom stereocenters. The Balaban J connectivity index is 1.66. The van der Waals surface area contributed by atoms with Crippen molar-refractivity contribution in [1.29, 1.82) is 0 Å². The van der Waals surface area contributed by atoms with Crippen molar-refractivity contribution in [2.75, 3.05) is 13.1 Å². The first-order valence-corrected chi connectivity index (χ1v) is 10.1. The Morgan fingerprint density at radius 2 is 1.54 bits per heavy atom. The van der Waals surface area contributed by atoms with Crippen LogP contribution in [-0.2, 0) is 31.9 Å². The monoisotopic (exact) mass is 376 g/mol. The second kappa shape index (κ2) is 10.1. The van der Waals surface area contributed by atoms with Crippen LogP contribution in [0.1, 0.15) is 18.1 Å². The van der Waals surface area contributed by atoms with Crippen LogP contribution in [0.3, 0.4) is 0 Å². The van der Waals surface area contributed by atoms with Crippen molar-refractivity contribution in [3.8, 4) is 0 Å². The molecular weight excluding hydrogens is 352 g/mol. The van der Waals surface area contributed by atoms with Crippen molar-refractivity contribution < 1.29 is 17.9 Å². The molecule has 2 aromatic carbocycles. The highest BCUT2D eigenvalue weighted by Gasteiger charge is 2.14. The number of hydrogen-bond donors (Lipinski definition) is 2. The number of carbonyl (C=O) groups is 1. The molecule has 7 heteroatoms. The third-order valence-electron chi connectivity index (χ3n) is 3.66. The van der Waals surface area contributed by atoms with Crippen LogP contribution < -0.4 is 10.0 Å². The molecule has 26 heavy (non-hydrogen) atoms. The molecule has 2 N–H and O–H groups in total. The van der Waals surface area contributed by atoms with Gasteiger partial charge < -0.3 is 10.1 Å². The van der Waals surface area contributed by atoms with Gasteiger partial charge in [0, 0.05) is 13.1 Å². The van der Waals surface area contributed by atoms with E-state index in [1.807, 2.05) is 36.4 Å². The molecule has 0 aliphatic heterocycles. The normalized spacial score (nSPS) is 12.5. The molecule has 0 saturated heterocycles. The molecule has 1 atom stereocenters. The second-order valence-electron chi connectivity index (χ2n) is 5.87. The lowest BCUT2D eigenvalue weighted by molar-refractivity contribution is -0.132. The zero-order valence-corrected chi connectivity index (χ0v) is 15.5. The summed E-state index contributed by atoms with van der Waals surface area (Å²) >= 11 is 0. The summed E-state index contributed by atoms with van der Waals surface area (Å²) in [7, 11) is -3.43. The first kappa shape index (κ1) is 20.1. The average molecular weight is 376 g/mol. The van der Waals surface area contributed by atoms with Gasteiger partial charge in [-0.2, -0.15) is 0 Å². The average Bonchev–Trinajstić information content (AvgIpc) is 2.64. The van der Waals surface area contributed by atoms with Gasteiger partial charge in [0.2, 0.25) is 15.9 Å². The highest BCUT2D eigenvalue weighted by Crippen LogP contribution is 2.04. The van der Waals surface area contributed by atoms with Crippen LogP contribution in [0.25, 0.3) is 0 Å². The van der Waals surface area contributed by atoms with E-state index in [-0.39, 0.29) is 24.7 Å². The maximum absolute atomic E-state index is 12.0. The highest BCUT2D eigenvalue weighted by atomic mass is 32.2. The molecule has 2 rings (SSSR count). The molecule has 0 aliphatic rings. The minimum absolute atomic E-state index is 0.0849. The van der Waals surface area contributed by atoms with Gasteiger partial charge in [0.25, 0.3) is 0 Å². The Labute approximate surface area is 154 Å². The smallest absolute Gasteiger partial charge is 0.248 e. The summed E-state index contributed by atoms with van der Waals surface area (Å²) in [5.41, 5.74) is 1.70. The zero-order chi connectivity index (χ0) is 18.8. The zero-order valence-electron chi connectivity index (χ0n) is 14.7. The van der Waals surface area contributed by atoms with E-state index in [0.29, 0.717) is 12.2 Å². The standard InChI is InChI=1S/C19H24N2O4S/c1-16(25-14-17-8-4-2-5-9-17)19(22)20-12-13-21-26(23,24)15-18-10-6-3-7-11-18/h2-11,16,21H,12-15H2,1H3,(H,20,22)/t16-/m1/s1. The van der Waals surface area contributed by atoms with Crippen molar-refractivity contribution >= 4 is 15.9 Å². The number of benzene rings is 2. The molecule has 0 aliphatic carbocycles. The Morgan fingerprint density at radius 1 is 0.962 bits per heavy atom. The first-order valence-electron chi connectivity index (χ1n) is 8.41. The number of rotatable bonds is 10. The summed E-state index contributed by atoms with van der Waals surface area (Å²) < 4.78 is 32.0. The summed E-state index contributed by atoms with van der Waals surface area (Å²) in [6.07, 6.45) is -0.615. The van der Waals surface area contributed by atoms with Gasteiger partial charge in [0.15, 0.2) is 0 Å². The second-order valence-corrected chi connectivity index (χ2v) is 7.68. The van der Waals surface area contributed by atoms with Crippen LogP contribution in [0, 0.1) is 0 Å². The predicted molar refractivity (Wildman–Crippen MR) is 101 cm³/mol. The van der Waals surface area contributed by atoms with E-state index in [1.54, 1.807) is 31.2 Å². The van der Waals surface area contributed by atoms with Crippen molar-refractivity contribution in [2.45, 2.75) is 25.4 Å². The van der Waals surface area contributed by atoms with Gasteiger partial charge >= 0.3 is 0 Å². The van der Waals surface area contributed by atoms with Crippen LogP contribution >= 0.6 is 0 Å². The van der Waals surface area contributed by atoms with Crippen LogP contribution in [0.15, 0.2) is 60.7 Å². The van der Waals surface area contributed by atoms with E-state index < -0.39 is 16.1 Å². The van der Waals surface area contributed by atoms with Gasteiger partial charge in [-0.1, -0.05) is 60.7 Å². The largest absolute Gasteiger partial charge is 0.364 e. The fourth-order valence-electron chi connectivity index (χ4n) is 2.25. The lowest BCUT2D eigenvalue weighted by Gasteiger charge is -2.14. The number of amides is 1. The van der Waals surface area contributed by atoms with Crippen molar-refractivity contribution in [2.24, 2.45) is 0 Å². The molecule has 0 saturated carbocycles. The molecule has 0 aromatic heterocycles. The van der Waals surface area contributed by atoms with Crippen LogP contribution in [0.2, 0.25) is 0 Å². The lowest BCUT2D eigenvalue weighted by Crippen LogP contribution is -2.39. The highest BCUT2D eigenvalue weighted by molar-refractivity contribution is 7.88. The molecular formula is C19H24N2O4S. The van der Waals surface area contributed by atoms with Gasteiger partial charge in [-0.05, 0) is 18.1 Å². The van der Waals surface area contributed by atoms with Crippen LogP contribution in [0.4, 0.5) is 0 Å². The lowest BCUT2D eigenvalue weighted by atomic mass is 10.2. The van der Waals surface area contributed by atoms with Crippen LogP contribution in [0.5, 0.6) is 0 Å². The van der Waals surface area contributed by atoms with E-state index in [4.69, 9.17) is 4.74 Å². The Kier molecular flexibility index (Phi) is 7.77. The maximum atomic E-state index is 12.0. The Hall–Kier alpha value is -2.22. The molecule has 140 valence electrons. The summed E-state index contributed by atoms with van der Waals surface area (Å²) in [6.45, 7) is 2.34. The van der Waals surface area contributed by atoms with Gasteiger partial charge in [-0.25, -0.2) is 13.1 Å². The fourth-order valence-corrected chi connectivity index (χ4v) is 3.40. The van der Waals surface area contributed by atoms with E-state index in [0.717, 1.165) is 5.56 Å². The first-order chi connectivity index (χ1) is 12.5. The van der Waals surface area contributed by atoms with Crippen LogP contribution in [-0.4, -0.2) is 33.5 Å². The predicted octanol–water partition coefficient (Wildman–Crippen LogP) is 1.83. The van der Waals surface area contributed by atoms with Crippen molar-refractivity contribution in [3.63, 3.8) is 0 Å². The summed E-state index contributed by atoms with van der Waals surface area (Å²) in [5, 5.41) is 2.66. The fraction of sp³-hybridized carbons (Fsp3) is 0.316. The number of hydrogen-bond acceptors (Lipinski definition) is 4.